The van der Waals surface area contributed by atoms with E-state index >= 15 is 0 Å². The maximum Gasteiger partial charge on any atom is 0.126 e. The van der Waals surface area contributed by atoms with E-state index in [2.05, 4.69) is 18.3 Å². The highest BCUT2D eigenvalue weighted by Gasteiger charge is 2.15. The first-order valence-electron chi connectivity index (χ1n) is 7.27. The summed E-state index contributed by atoms with van der Waals surface area (Å²) in [6.07, 6.45) is 1.02. The van der Waals surface area contributed by atoms with Gasteiger partial charge in [-0.3, -0.25) is 0 Å². The second kappa shape index (κ2) is 7.06. The van der Waals surface area contributed by atoms with Crippen molar-refractivity contribution in [1.82, 2.24) is 5.32 Å². The van der Waals surface area contributed by atoms with Crippen molar-refractivity contribution >= 4 is 11.6 Å². The van der Waals surface area contributed by atoms with Gasteiger partial charge in [0, 0.05) is 5.02 Å². The number of benzene rings is 2. The monoisotopic (exact) mass is 305 g/mol. The maximum atomic E-state index is 13.9. The van der Waals surface area contributed by atoms with Crippen LogP contribution in [0.1, 0.15) is 41.6 Å². The van der Waals surface area contributed by atoms with Crippen LogP contribution in [0.5, 0.6) is 0 Å². The first-order valence-corrected chi connectivity index (χ1v) is 7.65. The lowest BCUT2D eigenvalue weighted by atomic mass is 9.96. The van der Waals surface area contributed by atoms with E-state index in [1.54, 1.807) is 13.0 Å². The zero-order chi connectivity index (χ0) is 15.4. The molecule has 1 nitrogen and oxygen atoms in total. The maximum absolute atomic E-state index is 13.9. The minimum Gasteiger partial charge on any atom is -0.306 e. The lowest BCUT2D eigenvalue weighted by Crippen LogP contribution is -2.23. The molecule has 21 heavy (non-hydrogen) atoms. The summed E-state index contributed by atoms with van der Waals surface area (Å²) in [6, 6.07) is 11.3. The highest BCUT2D eigenvalue weighted by molar-refractivity contribution is 6.30. The van der Waals surface area contributed by atoms with Crippen LogP contribution in [-0.2, 0) is 0 Å². The normalized spacial score (nSPS) is 12.4. The van der Waals surface area contributed by atoms with Crippen LogP contribution in [0.25, 0.3) is 0 Å². The lowest BCUT2D eigenvalue weighted by Gasteiger charge is -2.21. The molecule has 0 radical (unpaired) electrons. The Labute approximate surface area is 131 Å². The van der Waals surface area contributed by atoms with Crippen LogP contribution in [0.15, 0.2) is 36.4 Å². The van der Waals surface area contributed by atoms with E-state index in [0.29, 0.717) is 10.6 Å². The number of rotatable bonds is 5. The third-order valence-corrected chi connectivity index (χ3v) is 3.74. The Balaban J connectivity index is 2.43. The number of hydrogen-bond donors (Lipinski definition) is 1. The van der Waals surface area contributed by atoms with Crippen molar-refractivity contribution in [2.24, 2.45) is 0 Å². The van der Waals surface area contributed by atoms with Crippen molar-refractivity contribution < 1.29 is 4.39 Å². The molecule has 0 saturated carbocycles. The largest absolute Gasteiger partial charge is 0.306 e. The molecule has 0 fully saturated rings. The van der Waals surface area contributed by atoms with Gasteiger partial charge < -0.3 is 5.32 Å². The number of nitrogens with one attached hydrogen (secondary N) is 1. The van der Waals surface area contributed by atoms with Crippen LogP contribution in [0, 0.1) is 19.7 Å². The quantitative estimate of drug-likeness (QED) is 0.802. The van der Waals surface area contributed by atoms with Crippen LogP contribution in [0.2, 0.25) is 5.02 Å². The molecule has 0 heterocycles. The lowest BCUT2D eigenvalue weighted by molar-refractivity contribution is 0.582. The van der Waals surface area contributed by atoms with Crippen molar-refractivity contribution in [3.05, 3.63) is 69.5 Å². The molecule has 3 heteroatoms. The highest BCUT2D eigenvalue weighted by Crippen LogP contribution is 2.27. The second-order valence-corrected chi connectivity index (χ2v) is 5.89. The molecule has 1 N–H and O–H groups in total. The summed E-state index contributed by atoms with van der Waals surface area (Å²) in [6.45, 7) is 6.77. The SMILES string of the molecule is CCCNC(c1cc(C)cc(Cl)c1)c1ccc(C)c(F)c1. The third-order valence-electron chi connectivity index (χ3n) is 3.53. The zero-order valence-corrected chi connectivity index (χ0v) is 13.5. The molecule has 0 aliphatic carbocycles. The van der Waals surface area contributed by atoms with Crippen molar-refractivity contribution in [2.45, 2.75) is 33.2 Å². The number of halogens is 2. The minimum atomic E-state index is -0.172. The van der Waals surface area contributed by atoms with Gasteiger partial charge in [-0.1, -0.05) is 36.7 Å². The second-order valence-electron chi connectivity index (χ2n) is 5.46. The summed E-state index contributed by atoms with van der Waals surface area (Å²) in [5, 5.41) is 4.19. The van der Waals surface area contributed by atoms with Gasteiger partial charge in [0.25, 0.3) is 0 Å². The molecule has 1 atom stereocenters. The van der Waals surface area contributed by atoms with E-state index in [9.17, 15) is 4.39 Å². The molecule has 0 aliphatic rings. The standard InChI is InChI=1S/C18H21ClFN/c1-4-7-21-18(14-6-5-13(3)17(20)11-14)15-8-12(2)9-16(19)10-15/h5-6,8-11,18,21H,4,7H2,1-3H3. The topological polar surface area (TPSA) is 12.0 Å². The molecule has 0 amide bonds. The zero-order valence-electron chi connectivity index (χ0n) is 12.7. The van der Waals surface area contributed by atoms with Crippen LogP contribution >= 0.6 is 11.6 Å². The van der Waals surface area contributed by atoms with Crippen molar-refractivity contribution in [3.8, 4) is 0 Å². The van der Waals surface area contributed by atoms with Crippen molar-refractivity contribution in [2.75, 3.05) is 6.54 Å². The van der Waals surface area contributed by atoms with Crippen LogP contribution in [0.3, 0.4) is 0 Å². The fourth-order valence-corrected chi connectivity index (χ4v) is 2.73. The van der Waals surface area contributed by atoms with E-state index in [0.717, 1.165) is 29.7 Å². The molecule has 2 aromatic carbocycles. The predicted molar refractivity (Wildman–Crippen MR) is 87.5 cm³/mol. The fourth-order valence-electron chi connectivity index (χ4n) is 2.44. The van der Waals surface area contributed by atoms with Gasteiger partial charge >= 0.3 is 0 Å². The summed E-state index contributed by atoms with van der Waals surface area (Å²) < 4.78 is 13.9. The third kappa shape index (κ3) is 4.05. The summed E-state index contributed by atoms with van der Waals surface area (Å²) in [5.41, 5.74) is 3.76. The van der Waals surface area contributed by atoms with Crippen molar-refractivity contribution in [1.29, 1.82) is 0 Å². The van der Waals surface area contributed by atoms with E-state index < -0.39 is 0 Å². The van der Waals surface area contributed by atoms with E-state index in [-0.39, 0.29) is 11.9 Å². The first-order chi connectivity index (χ1) is 10.0. The van der Waals surface area contributed by atoms with Gasteiger partial charge in [-0.05, 0) is 67.3 Å². The average molecular weight is 306 g/mol. The van der Waals surface area contributed by atoms with Gasteiger partial charge in [0.05, 0.1) is 6.04 Å². The van der Waals surface area contributed by atoms with Gasteiger partial charge in [0.2, 0.25) is 0 Å². The fraction of sp³-hybridized carbons (Fsp3) is 0.333. The Morgan fingerprint density at radius 2 is 1.86 bits per heavy atom. The molecule has 0 aliphatic heterocycles. The number of hydrogen-bond acceptors (Lipinski definition) is 1. The highest BCUT2D eigenvalue weighted by atomic mass is 35.5. The van der Waals surface area contributed by atoms with Gasteiger partial charge in [-0.25, -0.2) is 4.39 Å². The molecular weight excluding hydrogens is 285 g/mol. The first kappa shape index (κ1) is 16.0. The van der Waals surface area contributed by atoms with Gasteiger partial charge in [-0.15, -0.1) is 0 Å². The molecular formula is C18H21ClFN. The molecule has 0 spiro atoms. The molecule has 0 aromatic heterocycles. The Morgan fingerprint density at radius 3 is 2.48 bits per heavy atom. The molecule has 2 rings (SSSR count). The van der Waals surface area contributed by atoms with E-state index in [1.165, 1.54) is 0 Å². The van der Waals surface area contributed by atoms with E-state index in [1.807, 2.05) is 31.2 Å². The molecule has 2 aromatic rings. The Bertz CT molecular complexity index is 604. The summed E-state index contributed by atoms with van der Waals surface area (Å²) >= 11 is 6.17. The summed E-state index contributed by atoms with van der Waals surface area (Å²) in [5.74, 6) is -0.172. The van der Waals surface area contributed by atoms with Crippen LogP contribution < -0.4 is 5.32 Å². The smallest absolute Gasteiger partial charge is 0.126 e. The summed E-state index contributed by atoms with van der Waals surface area (Å²) in [7, 11) is 0. The average Bonchev–Trinajstić information content (AvgIpc) is 2.42. The van der Waals surface area contributed by atoms with Crippen LogP contribution in [-0.4, -0.2) is 6.54 Å². The van der Waals surface area contributed by atoms with Gasteiger partial charge in [-0.2, -0.15) is 0 Å². The minimum absolute atomic E-state index is 0.0440. The summed E-state index contributed by atoms with van der Waals surface area (Å²) in [4.78, 5) is 0. The molecule has 0 bridgehead atoms. The van der Waals surface area contributed by atoms with Gasteiger partial charge in [0.1, 0.15) is 5.82 Å². The van der Waals surface area contributed by atoms with E-state index in [4.69, 9.17) is 11.6 Å². The molecule has 1 unspecified atom stereocenters. The Kier molecular flexibility index (Phi) is 5.38. The molecule has 112 valence electrons. The number of aryl methyl sites for hydroxylation is 2. The Morgan fingerprint density at radius 1 is 1.10 bits per heavy atom. The predicted octanol–water partition coefficient (Wildman–Crippen LogP) is 5.18. The van der Waals surface area contributed by atoms with Crippen LogP contribution in [0.4, 0.5) is 4.39 Å². The molecule has 0 saturated heterocycles. The van der Waals surface area contributed by atoms with Gasteiger partial charge in [0.15, 0.2) is 0 Å². The Hall–Kier alpha value is -1.38. The van der Waals surface area contributed by atoms with Crippen molar-refractivity contribution in [3.63, 3.8) is 0 Å².